The van der Waals surface area contributed by atoms with E-state index in [4.69, 9.17) is 0 Å². The lowest BCUT2D eigenvalue weighted by Gasteiger charge is -2.08. The van der Waals surface area contributed by atoms with Crippen molar-refractivity contribution in [2.24, 2.45) is 0 Å². The van der Waals surface area contributed by atoms with Crippen LogP contribution in [0.3, 0.4) is 0 Å². The van der Waals surface area contributed by atoms with Gasteiger partial charge in [0.25, 0.3) is 17.3 Å². The third kappa shape index (κ3) is 4.03. The van der Waals surface area contributed by atoms with Crippen LogP contribution in [-0.4, -0.2) is 20.7 Å². The summed E-state index contributed by atoms with van der Waals surface area (Å²) in [6, 6.07) is 5.96. The summed E-state index contributed by atoms with van der Waals surface area (Å²) >= 11 is 1.20. The van der Waals surface area contributed by atoms with Gasteiger partial charge in [-0.25, -0.2) is 4.98 Å². The second kappa shape index (κ2) is 7.99. The maximum absolute atomic E-state index is 12.7. The van der Waals surface area contributed by atoms with E-state index in [9.17, 15) is 25.0 Å². The average Bonchev–Trinajstić information content (AvgIpc) is 3.12. The molecule has 0 fully saturated rings. The van der Waals surface area contributed by atoms with Crippen LogP contribution in [0.25, 0.3) is 11.3 Å². The van der Waals surface area contributed by atoms with Crippen molar-refractivity contribution in [3.8, 4) is 11.3 Å². The Hall–Kier alpha value is -3.66. The number of carbonyl (C=O) groups is 1. The number of carbonyl (C=O) groups excluding carboxylic acids is 1. The van der Waals surface area contributed by atoms with E-state index in [1.807, 2.05) is 26.8 Å². The molecule has 0 unspecified atom stereocenters. The van der Waals surface area contributed by atoms with Crippen LogP contribution in [0, 0.1) is 47.9 Å². The van der Waals surface area contributed by atoms with Gasteiger partial charge in [0.1, 0.15) is 0 Å². The zero-order valence-electron chi connectivity index (χ0n) is 16.7. The molecule has 3 aromatic rings. The molecule has 2 aromatic carbocycles. The number of nitrogens with one attached hydrogen (secondary N) is 1. The third-order valence-electron chi connectivity index (χ3n) is 4.86. The maximum Gasteiger partial charge on any atom is 0.279 e. The maximum atomic E-state index is 12.7. The fraction of sp³-hybridized carbons (Fsp3) is 0.200. The molecular formula is C20H18N4O5S. The highest BCUT2D eigenvalue weighted by molar-refractivity contribution is 7.14. The van der Waals surface area contributed by atoms with E-state index in [1.165, 1.54) is 23.8 Å². The minimum atomic E-state index is -0.771. The number of benzene rings is 2. The normalized spacial score (nSPS) is 10.7. The van der Waals surface area contributed by atoms with Crippen LogP contribution in [-0.2, 0) is 0 Å². The lowest BCUT2D eigenvalue weighted by Crippen LogP contribution is -2.14. The smallest absolute Gasteiger partial charge is 0.279 e. The van der Waals surface area contributed by atoms with Crippen LogP contribution in [0.4, 0.5) is 16.5 Å². The summed E-state index contributed by atoms with van der Waals surface area (Å²) < 4.78 is 0. The van der Waals surface area contributed by atoms with Crippen molar-refractivity contribution >= 4 is 33.8 Å². The van der Waals surface area contributed by atoms with Crippen molar-refractivity contribution in [3.63, 3.8) is 0 Å². The summed E-state index contributed by atoms with van der Waals surface area (Å²) in [7, 11) is 0. The highest BCUT2D eigenvalue weighted by Crippen LogP contribution is 2.31. The highest BCUT2D eigenvalue weighted by Gasteiger charge is 2.25. The molecule has 0 saturated heterocycles. The van der Waals surface area contributed by atoms with Gasteiger partial charge in [0.2, 0.25) is 0 Å². The first kappa shape index (κ1) is 21.1. The van der Waals surface area contributed by atoms with Gasteiger partial charge in [-0.3, -0.25) is 30.3 Å². The number of hydrogen-bond acceptors (Lipinski definition) is 7. The van der Waals surface area contributed by atoms with E-state index in [-0.39, 0.29) is 11.1 Å². The first-order valence-electron chi connectivity index (χ1n) is 8.87. The molecule has 0 radical (unpaired) electrons. The Labute approximate surface area is 175 Å². The van der Waals surface area contributed by atoms with Gasteiger partial charge in [-0.2, -0.15) is 0 Å². The second-order valence-electron chi connectivity index (χ2n) is 6.90. The van der Waals surface area contributed by atoms with Crippen molar-refractivity contribution in [1.82, 2.24) is 4.98 Å². The van der Waals surface area contributed by atoms with Gasteiger partial charge in [-0.05, 0) is 50.5 Å². The number of nitro benzene ring substituents is 2. The number of aromatic nitrogens is 1. The summed E-state index contributed by atoms with van der Waals surface area (Å²) in [5, 5.41) is 27.0. The number of thiazole rings is 1. The van der Waals surface area contributed by atoms with Crippen molar-refractivity contribution in [1.29, 1.82) is 0 Å². The van der Waals surface area contributed by atoms with Gasteiger partial charge in [0.15, 0.2) is 5.13 Å². The zero-order chi connectivity index (χ0) is 22.2. The molecule has 0 bridgehead atoms. The fourth-order valence-corrected chi connectivity index (χ4v) is 3.78. The molecule has 9 nitrogen and oxygen atoms in total. The van der Waals surface area contributed by atoms with Gasteiger partial charge >= 0.3 is 0 Å². The second-order valence-corrected chi connectivity index (χ2v) is 7.75. The number of rotatable bonds is 5. The SMILES string of the molecule is Cc1cc(C)c(-c2csc(NC(=O)c3cc([N+](=O)[O-])cc([N+](=O)[O-])c3C)n2)cc1C. The molecule has 1 N–H and O–H groups in total. The molecule has 0 saturated carbocycles. The number of non-ortho nitro benzene ring substituents is 1. The number of amides is 1. The molecule has 0 aliphatic carbocycles. The van der Waals surface area contributed by atoms with E-state index in [0.717, 1.165) is 28.8 Å². The van der Waals surface area contributed by atoms with Crippen LogP contribution in [0.15, 0.2) is 29.6 Å². The Bertz CT molecular complexity index is 1200. The summed E-state index contributed by atoms with van der Waals surface area (Å²) in [5.74, 6) is -0.697. The molecule has 154 valence electrons. The van der Waals surface area contributed by atoms with Crippen LogP contribution in [0.5, 0.6) is 0 Å². The van der Waals surface area contributed by atoms with Crippen LogP contribution in [0.1, 0.15) is 32.6 Å². The molecule has 1 aromatic heterocycles. The number of hydrogen-bond donors (Lipinski definition) is 1. The van der Waals surface area contributed by atoms with Crippen molar-refractivity contribution < 1.29 is 14.6 Å². The molecule has 30 heavy (non-hydrogen) atoms. The predicted molar refractivity (Wildman–Crippen MR) is 114 cm³/mol. The quantitative estimate of drug-likeness (QED) is 0.446. The van der Waals surface area contributed by atoms with E-state index < -0.39 is 27.1 Å². The fourth-order valence-electron chi connectivity index (χ4n) is 3.07. The van der Waals surface area contributed by atoms with Crippen LogP contribution < -0.4 is 5.32 Å². The Morgan fingerprint density at radius 3 is 2.27 bits per heavy atom. The van der Waals surface area contributed by atoms with Crippen LogP contribution >= 0.6 is 11.3 Å². The minimum absolute atomic E-state index is 0.0462. The standard InChI is InChI=1S/C20H18N4O5S/c1-10-5-12(3)15(6-11(10)2)17-9-30-20(21-17)22-19(25)16-7-14(23(26)27)8-18(13(16)4)24(28)29/h5-9H,1-4H3,(H,21,22,25). The van der Waals surface area contributed by atoms with Gasteiger partial charge < -0.3 is 0 Å². The molecule has 0 aliphatic heterocycles. The number of anilines is 1. The monoisotopic (exact) mass is 426 g/mol. The number of aryl methyl sites for hydroxylation is 3. The van der Waals surface area contributed by atoms with Gasteiger partial charge in [-0.15, -0.1) is 11.3 Å². The summed E-state index contributed by atoms with van der Waals surface area (Å²) in [6.07, 6.45) is 0. The highest BCUT2D eigenvalue weighted by atomic mass is 32.1. The third-order valence-corrected chi connectivity index (χ3v) is 5.62. The molecule has 1 amide bonds. The predicted octanol–water partition coefficient (Wildman–Crippen LogP) is 5.11. The van der Waals surface area contributed by atoms with E-state index in [2.05, 4.69) is 16.4 Å². The molecule has 0 aliphatic rings. The van der Waals surface area contributed by atoms with Gasteiger partial charge in [0, 0.05) is 22.6 Å². The lowest BCUT2D eigenvalue weighted by molar-refractivity contribution is -0.394. The number of nitrogens with zero attached hydrogens (tertiary/aromatic N) is 3. The molecular weight excluding hydrogens is 408 g/mol. The summed E-state index contributed by atoms with van der Waals surface area (Å²) in [4.78, 5) is 37.9. The largest absolute Gasteiger partial charge is 0.298 e. The Balaban J connectivity index is 1.94. The minimum Gasteiger partial charge on any atom is -0.298 e. The molecule has 0 spiro atoms. The van der Waals surface area contributed by atoms with E-state index >= 15 is 0 Å². The van der Waals surface area contributed by atoms with Crippen molar-refractivity contribution in [2.75, 3.05) is 5.32 Å². The zero-order valence-corrected chi connectivity index (χ0v) is 17.5. The summed E-state index contributed by atoms with van der Waals surface area (Å²) in [5.41, 5.74) is 3.86. The molecule has 0 atom stereocenters. The summed E-state index contributed by atoms with van der Waals surface area (Å²) in [6.45, 7) is 7.39. The van der Waals surface area contributed by atoms with Crippen molar-refractivity contribution in [2.45, 2.75) is 27.7 Å². The molecule has 10 heteroatoms. The Morgan fingerprint density at radius 2 is 1.63 bits per heavy atom. The lowest BCUT2D eigenvalue weighted by atomic mass is 9.99. The van der Waals surface area contributed by atoms with E-state index in [1.54, 1.807) is 5.38 Å². The van der Waals surface area contributed by atoms with Crippen LogP contribution in [0.2, 0.25) is 0 Å². The first-order valence-corrected chi connectivity index (χ1v) is 9.75. The van der Waals surface area contributed by atoms with Crippen molar-refractivity contribution in [3.05, 3.63) is 77.7 Å². The van der Waals surface area contributed by atoms with Gasteiger partial charge in [0.05, 0.1) is 27.2 Å². The van der Waals surface area contributed by atoms with E-state index in [0.29, 0.717) is 10.8 Å². The topological polar surface area (TPSA) is 128 Å². The molecule has 1 heterocycles. The Kier molecular flexibility index (Phi) is 5.61. The Morgan fingerprint density at radius 1 is 0.967 bits per heavy atom. The molecule has 3 rings (SSSR count). The first-order chi connectivity index (χ1) is 14.1. The van der Waals surface area contributed by atoms with Gasteiger partial charge in [-0.1, -0.05) is 6.07 Å². The average molecular weight is 426 g/mol. The number of nitro groups is 2.